The van der Waals surface area contributed by atoms with E-state index in [0.717, 1.165) is 37.0 Å². The van der Waals surface area contributed by atoms with Crippen LogP contribution in [0.25, 0.3) is 0 Å². The molecule has 0 atom stereocenters. The summed E-state index contributed by atoms with van der Waals surface area (Å²) in [6.45, 7) is 12.5. The van der Waals surface area contributed by atoms with Crippen molar-refractivity contribution >= 4 is 28.7 Å². The summed E-state index contributed by atoms with van der Waals surface area (Å²) in [5.74, 6) is 0. The SMILES string of the molecule is Cc1ccc(C)c(N2CCN(C(=S)Nc3cccc(C)c3C)CC2)c1. The molecule has 1 N–H and O–H groups in total. The summed E-state index contributed by atoms with van der Waals surface area (Å²) in [5.41, 5.74) is 7.67. The Bertz CT molecular complexity index is 777. The molecule has 0 radical (unpaired) electrons. The van der Waals surface area contributed by atoms with E-state index in [4.69, 9.17) is 12.2 Å². The number of nitrogens with zero attached hydrogens (tertiary/aromatic N) is 2. The van der Waals surface area contributed by atoms with E-state index in [1.807, 2.05) is 0 Å². The molecule has 1 saturated heterocycles. The van der Waals surface area contributed by atoms with Crippen LogP contribution >= 0.6 is 12.2 Å². The lowest BCUT2D eigenvalue weighted by atomic mass is 10.1. The summed E-state index contributed by atoms with van der Waals surface area (Å²) < 4.78 is 0. The van der Waals surface area contributed by atoms with Gasteiger partial charge in [-0.1, -0.05) is 24.3 Å². The van der Waals surface area contributed by atoms with Crippen molar-refractivity contribution in [3.05, 3.63) is 58.7 Å². The van der Waals surface area contributed by atoms with Crippen LogP contribution in [-0.4, -0.2) is 36.2 Å². The van der Waals surface area contributed by atoms with Gasteiger partial charge in [0.15, 0.2) is 5.11 Å². The molecule has 132 valence electrons. The molecule has 4 heteroatoms. The van der Waals surface area contributed by atoms with Crippen molar-refractivity contribution < 1.29 is 0 Å². The van der Waals surface area contributed by atoms with Crippen LogP contribution < -0.4 is 10.2 Å². The molecule has 2 aromatic rings. The van der Waals surface area contributed by atoms with Crippen LogP contribution in [0.15, 0.2) is 36.4 Å². The molecule has 2 aromatic carbocycles. The minimum absolute atomic E-state index is 0.828. The Balaban J connectivity index is 1.63. The van der Waals surface area contributed by atoms with E-state index in [1.165, 1.54) is 27.9 Å². The zero-order valence-electron chi connectivity index (χ0n) is 15.6. The van der Waals surface area contributed by atoms with Crippen molar-refractivity contribution in [1.82, 2.24) is 4.90 Å². The van der Waals surface area contributed by atoms with Gasteiger partial charge in [-0.3, -0.25) is 0 Å². The summed E-state index contributed by atoms with van der Waals surface area (Å²) in [6.07, 6.45) is 0. The minimum Gasteiger partial charge on any atom is -0.368 e. The lowest BCUT2D eigenvalue weighted by molar-refractivity contribution is 0.390. The monoisotopic (exact) mass is 353 g/mol. The molecular weight excluding hydrogens is 326 g/mol. The first kappa shape index (κ1) is 17.7. The maximum Gasteiger partial charge on any atom is 0.173 e. The first-order chi connectivity index (χ1) is 12.0. The second-order valence-corrected chi connectivity index (χ2v) is 7.33. The summed E-state index contributed by atoms with van der Waals surface area (Å²) in [5, 5.41) is 4.26. The quantitative estimate of drug-likeness (QED) is 0.804. The Morgan fingerprint density at radius 2 is 1.64 bits per heavy atom. The van der Waals surface area contributed by atoms with Crippen molar-refractivity contribution in [3.63, 3.8) is 0 Å². The van der Waals surface area contributed by atoms with Gasteiger partial charge in [0.1, 0.15) is 0 Å². The number of nitrogens with one attached hydrogen (secondary N) is 1. The fraction of sp³-hybridized carbons (Fsp3) is 0.381. The van der Waals surface area contributed by atoms with Gasteiger partial charge in [-0.2, -0.15) is 0 Å². The van der Waals surface area contributed by atoms with Crippen LogP contribution in [0.1, 0.15) is 22.3 Å². The Hall–Kier alpha value is -2.07. The van der Waals surface area contributed by atoms with Gasteiger partial charge in [0.25, 0.3) is 0 Å². The average molecular weight is 354 g/mol. The number of hydrogen-bond acceptors (Lipinski definition) is 2. The van der Waals surface area contributed by atoms with Gasteiger partial charge >= 0.3 is 0 Å². The van der Waals surface area contributed by atoms with E-state index >= 15 is 0 Å². The molecule has 1 heterocycles. The molecule has 0 bridgehead atoms. The Morgan fingerprint density at radius 3 is 2.36 bits per heavy atom. The van der Waals surface area contributed by atoms with Crippen molar-refractivity contribution in [2.24, 2.45) is 0 Å². The number of rotatable bonds is 2. The molecule has 0 aliphatic carbocycles. The van der Waals surface area contributed by atoms with Gasteiger partial charge in [-0.25, -0.2) is 0 Å². The van der Waals surface area contributed by atoms with Crippen LogP contribution in [0.5, 0.6) is 0 Å². The highest BCUT2D eigenvalue weighted by Gasteiger charge is 2.20. The van der Waals surface area contributed by atoms with Crippen LogP contribution in [0.2, 0.25) is 0 Å². The second-order valence-electron chi connectivity index (χ2n) is 6.94. The smallest absolute Gasteiger partial charge is 0.173 e. The van der Waals surface area contributed by atoms with Crippen LogP contribution in [0.4, 0.5) is 11.4 Å². The Morgan fingerprint density at radius 1 is 0.920 bits per heavy atom. The first-order valence-electron chi connectivity index (χ1n) is 8.90. The standard InChI is InChI=1S/C21H27N3S/c1-15-8-9-17(3)20(14-15)23-10-12-24(13-11-23)21(25)22-19-7-5-6-16(2)18(19)4/h5-9,14H,10-13H2,1-4H3,(H,22,25). The lowest BCUT2D eigenvalue weighted by Crippen LogP contribution is -2.50. The average Bonchev–Trinajstić information content (AvgIpc) is 2.61. The molecular formula is C21H27N3S. The van der Waals surface area contributed by atoms with Gasteiger partial charge < -0.3 is 15.1 Å². The number of thiocarbonyl (C=S) groups is 1. The number of anilines is 2. The third kappa shape index (κ3) is 3.96. The zero-order chi connectivity index (χ0) is 18.0. The topological polar surface area (TPSA) is 18.5 Å². The molecule has 0 aromatic heterocycles. The molecule has 1 aliphatic heterocycles. The molecule has 3 nitrogen and oxygen atoms in total. The van der Waals surface area contributed by atoms with Gasteiger partial charge in [0.2, 0.25) is 0 Å². The third-order valence-corrected chi connectivity index (χ3v) is 5.48. The van der Waals surface area contributed by atoms with E-state index < -0.39 is 0 Å². The highest BCUT2D eigenvalue weighted by atomic mass is 32.1. The molecule has 0 saturated carbocycles. The lowest BCUT2D eigenvalue weighted by Gasteiger charge is -2.38. The number of aryl methyl sites for hydroxylation is 3. The van der Waals surface area contributed by atoms with E-state index in [9.17, 15) is 0 Å². The van der Waals surface area contributed by atoms with Gasteiger partial charge in [0, 0.05) is 37.6 Å². The van der Waals surface area contributed by atoms with E-state index in [-0.39, 0.29) is 0 Å². The summed E-state index contributed by atoms with van der Waals surface area (Å²) in [4.78, 5) is 4.75. The van der Waals surface area contributed by atoms with Gasteiger partial charge in [0.05, 0.1) is 0 Å². The molecule has 0 amide bonds. The molecule has 0 unspecified atom stereocenters. The largest absolute Gasteiger partial charge is 0.368 e. The fourth-order valence-electron chi connectivity index (χ4n) is 3.29. The molecule has 1 aliphatic rings. The fourth-order valence-corrected chi connectivity index (χ4v) is 3.58. The van der Waals surface area contributed by atoms with E-state index in [0.29, 0.717) is 0 Å². The second kappa shape index (κ2) is 7.44. The zero-order valence-corrected chi connectivity index (χ0v) is 16.4. The number of benzene rings is 2. The van der Waals surface area contributed by atoms with E-state index in [2.05, 4.69) is 79.2 Å². The van der Waals surface area contributed by atoms with Gasteiger partial charge in [-0.05, 0) is 74.3 Å². The predicted molar refractivity (Wildman–Crippen MR) is 112 cm³/mol. The third-order valence-electron chi connectivity index (χ3n) is 5.12. The highest BCUT2D eigenvalue weighted by molar-refractivity contribution is 7.80. The van der Waals surface area contributed by atoms with Crippen molar-refractivity contribution in [3.8, 4) is 0 Å². The van der Waals surface area contributed by atoms with Gasteiger partial charge in [-0.15, -0.1) is 0 Å². The molecule has 3 rings (SSSR count). The molecule has 0 spiro atoms. The number of hydrogen-bond donors (Lipinski definition) is 1. The minimum atomic E-state index is 0.828. The van der Waals surface area contributed by atoms with Crippen LogP contribution in [-0.2, 0) is 0 Å². The molecule has 1 fully saturated rings. The maximum atomic E-state index is 5.66. The Kier molecular flexibility index (Phi) is 5.28. The van der Waals surface area contributed by atoms with Crippen LogP contribution in [0, 0.1) is 27.7 Å². The van der Waals surface area contributed by atoms with Crippen molar-refractivity contribution in [2.75, 3.05) is 36.4 Å². The molecule has 25 heavy (non-hydrogen) atoms. The number of piperazine rings is 1. The summed E-state index contributed by atoms with van der Waals surface area (Å²) in [7, 11) is 0. The van der Waals surface area contributed by atoms with Crippen molar-refractivity contribution in [1.29, 1.82) is 0 Å². The predicted octanol–water partition coefficient (Wildman–Crippen LogP) is 4.44. The summed E-state index contributed by atoms with van der Waals surface area (Å²) in [6, 6.07) is 13.0. The van der Waals surface area contributed by atoms with E-state index in [1.54, 1.807) is 0 Å². The Labute approximate surface area is 156 Å². The highest BCUT2D eigenvalue weighted by Crippen LogP contribution is 2.23. The first-order valence-corrected chi connectivity index (χ1v) is 9.31. The van der Waals surface area contributed by atoms with Crippen molar-refractivity contribution in [2.45, 2.75) is 27.7 Å². The normalized spacial score (nSPS) is 14.6. The van der Waals surface area contributed by atoms with Crippen LogP contribution in [0.3, 0.4) is 0 Å². The summed E-state index contributed by atoms with van der Waals surface area (Å²) >= 11 is 5.66. The maximum absolute atomic E-state index is 5.66.